The maximum atomic E-state index is 5.84. The molecule has 2 heterocycles. The van der Waals surface area contributed by atoms with Gasteiger partial charge in [0, 0.05) is 12.7 Å². The Morgan fingerprint density at radius 1 is 1.10 bits per heavy atom. The van der Waals surface area contributed by atoms with Crippen LogP contribution < -0.4 is 5.73 Å². The lowest BCUT2D eigenvalue weighted by atomic mass is 10.1. The first-order chi connectivity index (χ1) is 9.79. The zero-order valence-corrected chi connectivity index (χ0v) is 12.0. The summed E-state index contributed by atoms with van der Waals surface area (Å²) in [4.78, 5) is 10.2. The number of nitrogens with zero attached hydrogens (tertiary/aromatic N) is 2. The second-order valence-electron chi connectivity index (χ2n) is 4.53. The maximum Gasteiger partial charge on any atom is 0.143 e. The Balaban J connectivity index is 2.13. The smallest absolute Gasteiger partial charge is 0.143 e. The number of pyridine rings is 1. The summed E-state index contributed by atoms with van der Waals surface area (Å²) in [5, 5.41) is 0.933. The van der Waals surface area contributed by atoms with Crippen LogP contribution in [-0.2, 0) is 6.54 Å². The number of benzene rings is 1. The van der Waals surface area contributed by atoms with Gasteiger partial charge in [-0.2, -0.15) is 0 Å². The van der Waals surface area contributed by atoms with Gasteiger partial charge in [0.25, 0.3) is 0 Å². The van der Waals surface area contributed by atoms with Gasteiger partial charge in [0.2, 0.25) is 0 Å². The van der Waals surface area contributed by atoms with Crippen LogP contribution in [0.5, 0.6) is 0 Å². The van der Waals surface area contributed by atoms with Crippen molar-refractivity contribution >= 4 is 11.3 Å². The molecular weight excluding hydrogens is 266 g/mol. The molecule has 3 rings (SSSR count). The summed E-state index contributed by atoms with van der Waals surface area (Å²) in [7, 11) is 0. The van der Waals surface area contributed by atoms with Crippen LogP contribution in [0.4, 0.5) is 0 Å². The summed E-state index contributed by atoms with van der Waals surface area (Å²) in [6.45, 7) is 2.49. The van der Waals surface area contributed by atoms with Crippen LogP contribution in [0, 0.1) is 6.92 Å². The van der Waals surface area contributed by atoms with E-state index in [1.165, 1.54) is 0 Å². The monoisotopic (exact) mass is 281 g/mol. The predicted molar refractivity (Wildman–Crippen MR) is 83.4 cm³/mol. The lowest BCUT2D eigenvalue weighted by Gasteiger charge is -1.99. The van der Waals surface area contributed by atoms with Gasteiger partial charge in [-0.05, 0) is 24.1 Å². The van der Waals surface area contributed by atoms with Crippen LogP contribution in [-0.4, -0.2) is 9.97 Å². The van der Waals surface area contributed by atoms with Crippen molar-refractivity contribution in [3.05, 3.63) is 59.9 Å². The molecule has 0 bridgehead atoms. The van der Waals surface area contributed by atoms with Crippen LogP contribution >= 0.6 is 11.3 Å². The number of hydrogen-bond acceptors (Lipinski definition) is 4. The van der Waals surface area contributed by atoms with Crippen molar-refractivity contribution in [1.29, 1.82) is 0 Å². The second-order valence-corrected chi connectivity index (χ2v) is 5.53. The van der Waals surface area contributed by atoms with Crippen LogP contribution in [0.1, 0.15) is 11.3 Å². The van der Waals surface area contributed by atoms with Crippen LogP contribution in [0.25, 0.3) is 21.1 Å². The largest absolute Gasteiger partial charge is 0.325 e. The minimum atomic E-state index is 0.437. The molecule has 0 fully saturated rings. The summed E-state index contributed by atoms with van der Waals surface area (Å²) >= 11 is 1.65. The topological polar surface area (TPSA) is 51.8 Å². The summed E-state index contributed by atoms with van der Waals surface area (Å²) in [6.07, 6.45) is 1.80. The van der Waals surface area contributed by atoms with Gasteiger partial charge in [-0.15, -0.1) is 11.3 Å². The molecule has 0 saturated heterocycles. The molecule has 0 atom stereocenters. The Bertz CT molecular complexity index is 720. The van der Waals surface area contributed by atoms with Gasteiger partial charge in [-0.25, -0.2) is 4.98 Å². The molecule has 20 heavy (non-hydrogen) atoms. The zero-order chi connectivity index (χ0) is 13.9. The number of rotatable bonds is 3. The first-order valence-electron chi connectivity index (χ1n) is 6.47. The van der Waals surface area contributed by atoms with Gasteiger partial charge in [-0.3, -0.25) is 4.98 Å². The van der Waals surface area contributed by atoms with Gasteiger partial charge in [0.05, 0.1) is 10.6 Å². The summed E-state index contributed by atoms with van der Waals surface area (Å²) in [5.74, 6) is 0. The SMILES string of the molecule is Cc1cccnc1-c1nc(CN)c(-c2ccccc2)s1. The fraction of sp³-hybridized carbons (Fsp3) is 0.125. The van der Waals surface area contributed by atoms with Gasteiger partial charge in [0.1, 0.15) is 10.7 Å². The molecule has 0 spiro atoms. The van der Waals surface area contributed by atoms with Gasteiger partial charge >= 0.3 is 0 Å². The molecule has 0 radical (unpaired) electrons. The molecule has 3 aromatic rings. The van der Waals surface area contributed by atoms with Crippen molar-refractivity contribution in [1.82, 2.24) is 9.97 Å². The first kappa shape index (κ1) is 13.0. The average molecular weight is 281 g/mol. The quantitative estimate of drug-likeness (QED) is 0.797. The lowest BCUT2D eigenvalue weighted by Crippen LogP contribution is -1.98. The number of hydrogen-bond donors (Lipinski definition) is 1. The van der Waals surface area contributed by atoms with E-state index in [4.69, 9.17) is 5.73 Å². The molecule has 2 N–H and O–H groups in total. The van der Waals surface area contributed by atoms with Crippen LogP contribution in [0.3, 0.4) is 0 Å². The highest BCUT2D eigenvalue weighted by molar-refractivity contribution is 7.18. The molecule has 4 heteroatoms. The molecule has 0 unspecified atom stereocenters. The molecule has 1 aromatic carbocycles. The highest BCUT2D eigenvalue weighted by Crippen LogP contribution is 2.35. The minimum absolute atomic E-state index is 0.437. The molecule has 3 nitrogen and oxygen atoms in total. The minimum Gasteiger partial charge on any atom is -0.325 e. The number of nitrogens with two attached hydrogens (primary N) is 1. The van der Waals surface area contributed by atoms with Crippen molar-refractivity contribution in [2.45, 2.75) is 13.5 Å². The highest BCUT2D eigenvalue weighted by atomic mass is 32.1. The molecule has 0 saturated carbocycles. The van der Waals surface area contributed by atoms with Crippen molar-refractivity contribution in [2.75, 3.05) is 0 Å². The number of aromatic nitrogens is 2. The van der Waals surface area contributed by atoms with E-state index in [0.29, 0.717) is 6.54 Å². The fourth-order valence-corrected chi connectivity index (χ4v) is 3.28. The molecule has 0 aliphatic rings. The molecule has 0 aliphatic carbocycles. The fourth-order valence-electron chi connectivity index (χ4n) is 2.12. The van der Waals surface area contributed by atoms with E-state index in [-0.39, 0.29) is 0 Å². The molecular formula is C16H15N3S. The predicted octanol–water partition coefficient (Wildman–Crippen LogP) is 3.64. The van der Waals surface area contributed by atoms with Crippen molar-refractivity contribution in [3.63, 3.8) is 0 Å². The summed E-state index contributed by atoms with van der Waals surface area (Å²) in [6, 6.07) is 14.2. The number of thiazole rings is 1. The Kier molecular flexibility index (Phi) is 3.58. The maximum absolute atomic E-state index is 5.84. The van der Waals surface area contributed by atoms with Crippen molar-refractivity contribution in [3.8, 4) is 21.1 Å². The Morgan fingerprint density at radius 3 is 2.60 bits per heavy atom. The Hall–Kier alpha value is -2.04. The van der Waals surface area contributed by atoms with Gasteiger partial charge in [-0.1, -0.05) is 36.4 Å². The van der Waals surface area contributed by atoms with E-state index in [9.17, 15) is 0 Å². The highest BCUT2D eigenvalue weighted by Gasteiger charge is 2.14. The zero-order valence-electron chi connectivity index (χ0n) is 11.2. The second kappa shape index (κ2) is 5.53. The first-order valence-corrected chi connectivity index (χ1v) is 7.28. The third kappa shape index (κ3) is 2.35. The molecule has 100 valence electrons. The Morgan fingerprint density at radius 2 is 1.90 bits per heavy atom. The van der Waals surface area contributed by atoms with E-state index in [0.717, 1.165) is 32.4 Å². The summed E-state index contributed by atoms with van der Waals surface area (Å²) < 4.78 is 0. The van der Waals surface area contributed by atoms with Gasteiger partial charge in [0.15, 0.2) is 0 Å². The molecule has 0 amide bonds. The standard InChI is InChI=1S/C16H15N3S/c1-11-6-5-9-18-14(11)16-19-13(10-17)15(20-16)12-7-3-2-4-8-12/h2-9H,10,17H2,1H3. The third-order valence-electron chi connectivity index (χ3n) is 3.14. The Labute approximate surface area is 122 Å². The van der Waals surface area contributed by atoms with Crippen LogP contribution in [0.15, 0.2) is 48.7 Å². The third-order valence-corrected chi connectivity index (χ3v) is 4.29. The van der Waals surface area contributed by atoms with Crippen molar-refractivity contribution in [2.24, 2.45) is 5.73 Å². The summed E-state index contributed by atoms with van der Waals surface area (Å²) in [5.41, 5.74) is 10.00. The van der Waals surface area contributed by atoms with E-state index in [2.05, 4.69) is 22.1 Å². The molecule has 0 aliphatic heterocycles. The van der Waals surface area contributed by atoms with E-state index < -0.39 is 0 Å². The number of aryl methyl sites for hydroxylation is 1. The van der Waals surface area contributed by atoms with E-state index in [1.807, 2.05) is 37.3 Å². The van der Waals surface area contributed by atoms with E-state index >= 15 is 0 Å². The van der Waals surface area contributed by atoms with E-state index in [1.54, 1.807) is 17.5 Å². The van der Waals surface area contributed by atoms with Crippen LogP contribution in [0.2, 0.25) is 0 Å². The lowest BCUT2D eigenvalue weighted by molar-refractivity contribution is 1.01. The van der Waals surface area contributed by atoms with Crippen molar-refractivity contribution < 1.29 is 0 Å². The average Bonchev–Trinajstić information content (AvgIpc) is 2.92. The normalized spacial score (nSPS) is 10.7. The van der Waals surface area contributed by atoms with Gasteiger partial charge < -0.3 is 5.73 Å². The molecule has 2 aromatic heterocycles.